The van der Waals surface area contributed by atoms with Crippen molar-refractivity contribution in [2.45, 2.75) is 19.1 Å². The van der Waals surface area contributed by atoms with Crippen LogP contribution in [0, 0.1) is 6.92 Å². The minimum absolute atomic E-state index is 0.0517. The van der Waals surface area contributed by atoms with E-state index in [1.165, 1.54) is 19.1 Å². The first-order valence-corrected chi connectivity index (χ1v) is 5.74. The Hall–Kier alpha value is -2.58. The van der Waals surface area contributed by atoms with E-state index in [1.807, 2.05) is 0 Å². The third-order valence-corrected chi connectivity index (χ3v) is 2.61. The fourth-order valence-corrected chi connectivity index (χ4v) is 1.74. The second-order valence-corrected chi connectivity index (χ2v) is 4.19. The Morgan fingerprint density at radius 3 is 2.67 bits per heavy atom. The van der Waals surface area contributed by atoms with Gasteiger partial charge in [-0.2, -0.15) is 18.2 Å². The van der Waals surface area contributed by atoms with Gasteiger partial charge in [-0.1, -0.05) is 17.3 Å². The first-order valence-electron chi connectivity index (χ1n) is 5.74. The lowest BCUT2D eigenvalue weighted by Gasteiger charge is -2.15. The van der Waals surface area contributed by atoms with Gasteiger partial charge in [-0.3, -0.25) is 0 Å². The van der Waals surface area contributed by atoms with Gasteiger partial charge in [0, 0.05) is 0 Å². The predicted molar refractivity (Wildman–Crippen MR) is 63.5 cm³/mol. The van der Waals surface area contributed by atoms with Gasteiger partial charge in [-0.15, -0.1) is 0 Å². The summed E-state index contributed by atoms with van der Waals surface area (Å²) in [7, 11) is 0. The Bertz CT molecular complexity index is 654. The first kappa shape index (κ1) is 14.8. The van der Waals surface area contributed by atoms with Crippen molar-refractivity contribution in [2.24, 2.45) is 0 Å². The average molecular weight is 301 g/mol. The van der Waals surface area contributed by atoms with Gasteiger partial charge in [-0.05, 0) is 24.6 Å². The summed E-state index contributed by atoms with van der Waals surface area (Å²) in [6, 6.07) is 3.07. The molecule has 1 atom stereocenters. The number of halogens is 3. The molecule has 0 fully saturated rings. The molecular formula is C12H10F3N3O3. The van der Waals surface area contributed by atoms with Gasteiger partial charge in [0.15, 0.2) is 5.82 Å². The number of carboxylic acid groups (broad SMARTS) is 1. The number of carbonyl (C=O) groups is 1. The maximum Gasteiger partial charge on any atom is 0.416 e. The van der Waals surface area contributed by atoms with Crippen molar-refractivity contribution >= 4 is 6.09 Å². The number of nitrogens with one attached hydrogen (secondary N) is 1. The van der Waals surface area contributed by atoms with Crippen molar-refractivity contribution in [3.05, 3.63) is 47.1 Å². The van der Waals surface area contributed by atoms with Crippen molar-refractivity contribution in [3.8, 4) is 0 Å². The minimum Gasteiger partial charge on any atom is -0.465 e. The van der Waals surface area contributed by atoms with Crippen LogP contribution in [-0.4, -0.2) is 21.3 Å². The van der Waals surface area contributed by atoms with Crippen LogP contribution < -0.4 is 5.32 Å². The normalized spacial score (nSPS) is 13.0. The molecule has 112 valence electrons. The van der Waals surface area contributed by atoms with E-state index in [-0.39, 0.29) is 17.3 Å². The molecule has 0 radical (unpaired) electrons. The lowest BCUT2D eigenvalue weighted by atomic mass is 10.0. The van der Waals surface area contributed by atoms with Gasteiger partial charge in [0.1, 0.15) is 6.04 Å². The Balaban J connectivity index is 2.44. The lowest BCUT2D eigenvalue weighted by Crippen LogP contribution is -2.28. The fraction of sp³-hybridized carbons (Fsp3) is 0.250. The second-order valence-electron chi connectivity index (χ2n) is 4.19. The maximum atomic E-state index is 12.7. The summed E-state index contributed by atoms with van der Waals surface area (Å²) in [5.74, 6) is 0.114. The smallest absolute Gasteiger partial charge is 0.416 e. The van der Waals surface area contributed by atoms with Crippen LogP contribution >= 0.6 is 0 Å². The predicted octanol–water partition coefficient (Wildman–Crippen LogP) is 2.75. The van der Waals surface area contributed by atoms with Crippen LogP contribution in [0.2, 0.25) is 0 Å². The van der Waals surface area contributed by atoms with Gasteiger partial charge in [0.25, 0.3) is 5.89 Å². The highest BCUT2D eigenvalue weighted by Gasteiger charge is 2.32. The molecule has 6 nitrogen and oxygen atoms in total. The highest BCUT2D eigenvalue weighted by atomic mass is 19.4. The molecule has 2 rings (SSSR count). The summed E-state index contributed by atoms with van der Waals surface area (Å²) in [6.45, 7) is 1.51. The molecule has 0 saturated heterocycles. The maximum absolute atomic E-state index is 12.7. The molecule has 21 heavy (non-hydrogen) atoms. The molecular weight excluding hydrogens is 291 g/mol. The number of hydrogen-bond acceptors (Lipinski definition) is 4. The van der Waals surface area contributed by atoms with Gasteiger partial charge in [0.05, 0.1) is 5.56 Å². The van der Waals surface area contributed by atoms with E-state index in [0.29, 0.717) is 0 Å². The molecule has 1 unspecified atom stereocenters. The van der Waals surface area contributed by atoms with Gasteiger partial charge in [-0.25, -0.2) is 4.79 Å². The SMILES string of the molecule is Cc1noc(C(NC(=O)O)c2cccc(C(F)(F)F)c2)n1. The van der Waals surface area contributed by atoms with Crippen LogP contribution in [0.5, 0.6) is 0 Å². The number of hydrogen-bond donors (Lipinski definition) is 2. The van der Waals surface area contributed by atoms with Crippen LogP contribution in [0.4, 0.5) is 18.0 Å². The van der Waals surface area contributed by atoms with Gasteiger partial charge in [0.2, 0.25) is 0 Å². The molecule has 0 aliphatic rings. The molecule has 0 bridgehead atoms. The van der Waals surface area contributed by atoms with Crippen molar-refractivity contribution in [1.82, 2.24) is 15.5 Å². The zero-order valence-electron chi connectivity index (χ0n) is 10.7. The van der Waals surface area contributed by atoms with Crippen molar-refractivity contribution in [2.75, 3.05) is 0 Å². The molecule has 0 saturated carbocycles. The number of amides is 1. The largest absolute Gasteiger partial charge is 0.465 e. The minimum atomic E-state index is -4.53. The summed E-state index contributed by atoms with van der Waals surface area (Å²) in [5.41, 5.74) is -0.843. The Labute approximate surface area is 116 Å². The van der Waals surface area contributed by atoms with E-state index in [0.717, 1.165) is 12.1 Å². The number of benzene rings is 1. The van der Waals surface area contributed by atoms with Crippen LogP contribution in [0.3, 0.4) is 0 Å². The highest BCUT2D eigenvalue weighted by Crippen LogP contribution is 2.31. The molecule has 9 heteroatoms. The van der Waals surface area contributed by atoms with Crippen LogP contribution in [0.15, 0.2) is 28.8 Å². The highest BCUT2D eigenvalue weighted by molar-refractivity contribution is 5.65. The Morgan fingerprint density at radius 1 is 1.43 bits per heavy atom. The van der Waals surface area contributed by atoms with E-state index in [2.05, 4.69) is 15.5 Å². The van der Waals surface area contributed by atoms with Gasteiger partial charge >= 0.3 is 12.3 Å². The number of aromatic nitrogens is 2. The molecule has 1 aromatic heterocycles. The van der Waals surface area contributed by atoms with Crippen LogP contribution in [-0.2, 0) is 6.18 Å². The lowest BCUT2D eigenvalue weighted by molar-refractivity contribution is -0.137. The molecule has 0 aliphatic heterocycles. The van der Waals surface area contributed by atoms with Gasteiger partial charge < -0.3 is 14.9 Å². The van der Waals surface area contributed by atoms with E-state index in [9.17, 15) is 18.0 Å². The summed E-state index contributed by atoms with van der Waals surface area (Å²) in [6.07, 6.45) is -5.96. The van der Waals surface area contributed by atoms with Crippen LogP contribution in [0.25, 0.3) is 0 Å². The zero-order valence-corrected chi connectivity index (χ0v) is 10.7. The van der Waals surface area contributed by atoms with E-state index in [4.69, 9.17) is 9.63 Å². The third-order valence-electron chi connectivity index (χ3n) is 2.61. The summed E-state index contributed by atoms with van der Waals surface area (Å²) < 4.78 is 43.0. The molecule has 0 aliphatic carbocycles. The Kier molecular flexibility index (Phi) is 3.83. The quantitative estimate of drug-likeness (QED) is 0.910. The third kappa shape index (κ3) is 3.50. The summed E-state index contributed by atoms with van der Waals surface area (Å²) >= 11 is 0. The Morgan fingerprint density at radius 2 is 2.14 bits per heavy atom. The van der Waals surface area contributed by atoms with E-state index >= 15 is 0 Å². The van der Waals surface area contributed by atoms with E-state index < -0.39 is 23.9 Å². The molecule has 2 aromatic rings. The summed E-state index contributed by atoms with van der Waals surface area (Å²) in [4.78, 5) is 14.7. The molecule has 1 aromatic carbocycles. The first-order chi connectivity index (χ1) is 9.77. The summed E-state index contributed by atoms with van der Waals surface area (Å²) in [5, 5.41) is 14.4. The molecule has 1 amide bonds. The van der Waals surface area contributed by atoms with Crippen molar-refractivity contribution < 1.29 is 27.6 Å². The number of aryl methyl sites for hydroxylation is 1. The standard InChI is InChI=1S/C12H10F3N3O3/c1-6-16-10(21-18-6)9(17-11(19)20)7-3-2-4-8(5-7)12(13,14)15/h2-5,9,17H,1H3,(H,19,20). The van der Waals surface area contributed by atoms with E-state index in [1.54, 1.807) is 0 Å². The second kappa shape index (κ2) is 5.43. The molecule has 0 spiro atoms. The van der Waals surface area contributed by atoms with Crippen molar-refractivity contribution in [3.63, 3.8) is 0 Å². The molecule has 2 N–H and O–H groups in total. The topological polar surface area (TPSA) is 88.2 Å². The number of nitrogens with zero attached hydrogens (tertiary/aromatic N) is 2. The van der Waals surface area contributed by atoms with Crippen molar-refractivity contribution in [1.29, 1.82) is 0 Å². The molecule has 1 heterocycles. The fourth-order valence-electron chi connectivity index (χ4n) is 1.74. The average Bonchev–Trinajstić information content (AvgIpc) is 2.81. The van der Waals surface area contributed by atoms with Crippen LogP contribution in [0.1, 0.15) is 28.9 Å². The number of alkyl halides is 3. The zero-order chi connectivity index (χ0) is 15.6. The monoisotopic (exact) mass is 301 g/mol. The number of rotatable bonds is 3.